The van der Waals surface area contributed by atoms with Crippen LogP contribution in [0.1, 0.15) is 57.9 Å². The van der Waals surface area contributed by atoms with E-state index in [1.165, 1.54) is 38.4 Å². The molecule has 0 radical (unpaired) electrons. The van der Waals surface area contributed by atoms with Crippen molar-refractivity contribution in [1.29, 1.82) is 0 Å². The Morgan fingerprint density at radius 1 is 0.970 bits per heavy atom. The van der Waals surface area contributed by atoms with Crippen molar-refractivity contribution < 1.29 is 23.8 Å². The third-order valence-corrected chi connectivity index (χ3v) is 8.18. The van der Waals surface area contributed by atoms with Gasteiger partial charge in [0.05, 0.1) is 13.7 Å². The first-order valence-corrected chi connectivity index (χ1v) is 12.6. The zero-order chi connectivity index (χ0) is 23.4. The van der Waals surface area contributed by atoms with E-state index in [-0.39, 0.29) is 30.2 Å². The fourth-order valence-corrected chi connectivity index (χ4v) is 6.57. The summed E-state index contributed by atoms with van der Waals surface area (Å²) in [6, 6.07) is 10.3. The first-order valence-electron chi connectivity index (χ1n) is 12.6. The molecular weight excluding hydrogens is 418 g/mol. The SMILES string of the molecule is COC(=O)COCC1(c2ccccc2)CCN(C(=O)OC2C3CC(C)CC2CC(C)C3)CC1. The normalized spacial score (nSPS) is 31.0. The molecule has 6 heteroatoms. The first-order chi connectivity index (χ1) is 15.9. The van der Waals surface area contributed by atoms with Crippen LogP contribution in [0.25, 0.3) is 0 Å². The molecule has 3 fully saturated rings. The van der Waals surface area contributed by atoms with Crippen LogP contribution in [0.5, 0.6) is 0 Å². The van der Waals surface area contributed by atoms with Gasteiger partial charge in [0.2, 0.25) is 0 Å². The molecule has 1 amide bonds. The minimum atomic E-state index is -0.374. The fourth-order valence-electron chi connectivity index (χ4n) is 6.57. The Morgan fingerprint density at radius 2 is 1.55 bits per heavy atom. The van der Waals surface area contributed by atoms with Crippen molar-refractivity contribution >= 4 is 12.1 Å². The molecular formula is C27H39NO5. The Hall–Kier alpha value is -2.08. The second-order valence-electron chi connectivity index (χ2n) is 10.7. The van der Waals surface area contributed by atoms with E-state index in [0.717, 1.165) is 24.7 Å². The Bertz CT molecular complexity index is 774. The summed E-state index contributed by atoms with van der Waals surface area (Å²) in [5.74, 6) is 2.10. The molecule has 1 saturated heterocycles. The van der Waals surface area contributed by atoms with Crippen LogP contribution in [0.3, 0.4) is 0 Å². The van der Waals surface area contributed by atoms with Crippen LogP contribution >= 0.6 is 0 Å². The quantitative estimate of drug-likeness (QED) is 0.574. The second-order valence-corrected chi connectivity index (χ2v) is 10.7. The highest BCUT2D eigenvalue weighted by Crippen LogP contribution is 2.46. The zero-order valence-corrected chi connectivity index (χ0v) is 20.3. The van der Waals surface area contributed by atoms with Crippen LogP contribution in [0.15, 0.2) is 30.3 Å². The lowest BCUT2D eigenvalue weighted by atomic mass is 9.63. The van der Waals surface area contributed by atoms with Gasteiger partial charge in [-0.3, -0.25) is 0 Å². The van der Waals surface area contributed by atoms with Gasteiger partial charge in [-0.15, -0.1) is 0 Å². The van der Waals surface area contributed by atoms with Gasteiger partial charge in [-0.2, -0.15) is 0 Å². The van der Waals surface area contributed by atoms with Crippen molar-refractivity contribution in [3.63, 3.8) is 0 Å². The van der Waals surface area contributed by atoms with Crippen LogP contribution in [0.2, 0.25) is 0 Å². The van der Waals surface area contributed by atoms with Crippen LogP contribution < -0.4 is 0 Å². The number of nitrogens with zero attached hydrogens (tertiary/aromatic N) is 1. The first kappa shape index (κ1) is 24.1. The topological polar surface area (TPSA) is 65.1 Å². The summed E-state index contributed by atoms with van der Waals surface area (Å²) in [4.78, 5) is 26.6. The molecule has 4 rings (SSSR count). The summed E-state index contributed by atoms with van der Waals surface area (Å²) < 4.78 is 16.7. The van der Waals surface area contributed by atoms with Gasteiger partial charge in [-0.05, 0) is 67.8 Å². The third-order valence-electron chi connectivity index (χ3n) is 8.18. The van der Waals surface area contributed by atoms with Gasteiger partial charge in [-0.25, -0.2) is 9.59 Å². The lowest BCUT2D eigenvalue weighted by Crippen LogP contribution is -2.51. The van der Waals surface area contributed by atoms with E-state index in [1.54, 1.807) is 0 Å². The lowest BCUT2D eigenvalue weighted by molar-refractivity contribution is -0.146. The third kappa shape index (κ3) is 5.53. The van der Waals surface area contributed by atoms with E-state index in [2.05, 4.69) is 26.0 Å². The van der Waals surface area contributed by atoms with Gasteiger partial charge in [0, 0.05) is 18.5 Å². The number of ether oxygens (including phenoxy) is 3. The van der Waals surface area contributed by atoms with Gasteiger partial charge >= 0.3 is 12.1 Å². The predicted molar refractivity (Wildman–Crippen MR) is 126 cm³/mol. The number of piperidine rings is 1. The number of hydrogen-bond donors (Lipinski definition) is 0. The van der Waals surface area contributed by atoms with Crippen LogP contribution in [-0.2, 0) is 24.4 Å². The molecule has 6 nitrogen and oxygen atoms in total. The van der Waals surface area contributed by atoms with E-state index in [4.69, 9.17) is 14.2 Å². The molecule has 1 heterocycles. The summed E-state index contributed by atoms with van der Waals surface area (Å²) >= 11 is 0. The van der Waals surface area contributed by atoms with Crippen molar-refractivity contribution in [3.8, 4) is 0 Å². The van der Waals surface area contributed by atoms with Gasteiger partial charge in [0.15, 0.2) is 0 Å². The number of carbonyl (C=O) groups is 2. The molecule has 0 spiro atoms. The van der Waals surface area contributed by atoms with Gasteiger partial charge in [0.1, 0.15) is 12.7 Å². The minimum Gasteiger partial charge on any atom is -0.467 e. The highest BCUT2D eigenvalue weighted by molar-refractivity contribution is 5.70. The molecule has 182 valence electrons. The molecule has 0 atom stereocenters. The minimum absolute atomic E-state index is 0.0574. The summed E-state index contributed by atoms with van der Waals surface area (Å²) in [6.45, 7) is 6.30. The smallest absolute Gasteiger partial charge is 0.410 e. The summed E-state index contributed by atoms with van der Waals surface area (Å²) in [6.07, 6.45) is 6.17. The molecule has 1 aromatic rings. The molecule has 3 aliphatic rings. The Morgan fingerprint density at radius 3 is 2.09 bits per heavy atom. The number of methoxy groups -OCH3 is 1. The fraction of sp³-hybridized carbons (Fsp3) is 0.704. The number of rotatable bonds is 6. The number of carbonyl (C=O) groups excluding carboxylic acids is 2. The van der Waals surface area contributed by atoms with Crippen molar-refractivity contribution in [2.45, 2.75) is 63.9 Å². The average Bonchev–Trinajstić information content (AvgIpc) is 2.80. The maximum atomic E-state index is 13.2. The number of esters is 1. The lowest BCUT2D eigenvalue weighted by Gasteiger charge is -2.47. The van der Waals surface area contributed by atoms with Crippen molar-refractivity contribution in [2.24, 2.45) is 23.7 Å². The monoisotopic (exact) mass is 457 g/mol. The molecule has 2 bridgehead atoms. The average molecular weight is 458 g/mol. The Kier molecular flexibility index (Phi) is 7.62. The molecule has 1 aliphatic heterocycles. The number of fused-ring (bicyclic) bond motifs is 2. The van der Waals surface area contributed by atoms with Gasteiger partial charge in [0.25, 0.3) is 0 Å². The van der Waals surface area contributed by atoms with E-state index >= 15 is 0 Å². The molecule has 2 aliphatic carbocycles. The molecule has 0 unspecified atom stereocenters. The maximum Gasteiger partial charge on any atom is 0.410 e. The Labute approximate surface area is 198 Å². The van der Waals surface area contributed by atoms with Crippen molar-refractivity contribution in [2.75, 3.05) is 33.4 Å². The number of likely N-dealkylation sites (tertiary alicyclic amines) is 1. The zero-order valence-electron chi connectivity index (χ0n) is 20.3. The molecule has 1 aromatic carbocycles. The van der Waals surface area contributed by atoms with E-state index in [0.29, 0.717) is 31.5 Å². The highest BCUT2D eigenvalue weighted by Gasteiger charge is 2.45. The number of amides is 1. The van der Waals surface area contributed by atoms with Crippen LogP contribution in [0, 0.1) is 23.7 Å². The molecule has 0 N–H and O–H groups in total. The summed E-state index contributed by atoms with van der Waals surface area (Å²) in [5, 5.41) is 0. The van der Waals surface area contributed by atoms with Crippen LogP contribution in [-0.4, -0.2) is 56.5 Å². The maximum absolute atomic E-state index is 13.2. The summed E-state index contributed by atoms with van der Waals surface area (Å²) in [7, 11) is 1.37. The van der Waals surface area contributed by atoms with Gasteiger partial charge < -0.3 is 19.1 Å². The van der Waals surface area contributed by atoms with E-state index < -0.39 is 0 Å². The summed E-state index contributed by atoms with van der Waals surface area (Å²) in [5.41, 5.74) is 0.964. The van der Waals surface area contributed by atoms with E-state index in [9.17, 15) is 9.59 Å². The van der Waals surface area contributed by atoms with Crippen molar-refractivity contribution in [3.05, 3.63) is 35.9 Å². The standard InChI is InChI=1S/C27H39NO5/c1-19-13-21-15-20(2)16-22(14-19)25(21)33-26(30)28-11-9-27(10-12-28,18-32-17-24(29)31-3)23-7-5-4-6-8-23/h4-8,19-22,25H,9-18H2,1-3H3. The second kappa shape index (κ2) is 10.5. The van der Waals surface area contributed by atoms with Gasteiger partial charge in [-0.1, -0.05) is 44.2 Å². The van der Waals surface area contributed by atoms with Crippen molar-refractivity contribution in [1.82, 2.24) is 4.90 Å². The Balaban J connectivity index is 1.38. The largest absolute Gasteiger partial charge is 0.467 e. The number of benzene rings is 1. The van der Waals surface area contributed by atoms with E-state index in [1.807, 2.05) is 23.1 Å². The predicted octanol–water partition coefficient (Wildman–Crippen LogP) is 4.81. The molecule has 2 saturated carbocycles. The highest BCUT2D eigenvalue weighted by atomic mass is 16.6. The molecule has 0 aromatic heterocycles. The van der Waals surface area contributed by atoms with Crippen LogP contribution in [0.4, 0.5) is 4.79 Å². The number of hydrogen-bond acceptors (Lipinski definition) is 5. The molecule has 33 heavy (non-hydrogen) atoms.